The van der Waals surface area contributed by atoms with Crippen LogP contribution in [0.5, 0.6) is 5.75 Å². The van der Waals surface area contributed by atoms with Crippen molar-refractivity contribution in [3.63, 3.8) is 0 Å². The van der Waals surface area contributed by atoms with Gasteiger partial charge in [-0.3, -0.25) is 4.79 Å². The number of hydrogen-bond acceptors (Lipinski definition) is 5. The van der Waals surface area contributed by atoms with Crippen molar-refractivity contribution in [1.82, 2.24) is 19.8 Å². The number of amides is 1. The van der Waals surface area contributed by atoms with Gasteiger partial charge in [0, 0.05) is 62.5 Å². The fourth-order valence-corrected chi connectivity index (χ4v) is 5.01. The van der Waals surface area contributed by atoms with Crippen LogP contribution in [0, 0.1) is 5.92 Å². The number of anilines is 1. The summed E-state index contributed by atoms with van der Waals surface area (Å²) in [5.41, 5.74) is 3.77. The molecule has 5 rings (SSSR count). The molecule has 174 valence electrons. The third-order valence-electron chi connectivity index (χ3n) is 6.92. The van der Waals surface area contributed by atoms with E-state index in [1.165, 1.54) is 0 Å². The average molecular weight is 468 g/mol. The molecule has 33 heavy (non-hydrogen) atoms. The number of likely N-dealkylation sites (N-methyl/N-ethyl adjacent to an activating group) is 1. The van der Waals surface area contributed by atoms with Crippen molar-refractivity contribution in [3.05, 3.63) is 41.4 Å². The summed E-state index contributed by atoms with van der Waals surface area (Å²) < 4.78 is 5.32. The summed E-state index contributed by atoms with van der Waals surface area (Å²) in [7, 11) is 3.77. The van der Waals surface area contributed by atoms with E-state index < -0.39 is 0 Å². The van der Waals surface area contributed by atoms with E-state index in [2.05, 4.69) is 38.9 Å². The summed E-state index contributed by atoms with van der Waals surface area (Å²) in [4.78, 5) is 27.7. The predicted octanol–water partition coefficient (Wildman–Crippen LogP) is 3.88. The summed E-state index contributed by atoms with van der Waals surface area (Å²) in [6.45, 7) is 5.35. The molecule has 1 N–H and O–H groups in total. The van der Waals surface area contributed by atoms with Crippen molar-refractivity contribution >= 4 is 34.2 Å². The Morgan fingerprint density at radius 3 is 2.55 bits per heavy atom. The number of piperazine rings is 1. The van der Waals surface area contributed by atoms with E-state index in [-0.39, 0.29) is 5.92 Å². The van der Waals surface area contributed by atoms with Crippen molar-refractivity contribution < 1.29 is 9.53 Å². The molecule has 0 saturated carbocycles. The summed E-state index contributed by atoms with van der Waals surface area (Å²) in [5.74, 6) is 1.98. The molecule has 7 nitrogen and oxygen atoms in total. The lowest BCUT2D eigenvalue weighted by Gasteiger charge is -2.38. The van der Waals surface area contributed by atoms with Gasteiger partial charge in [0.05, 0.1) is 23.2 Å². The quantitative estimate of drug-likeness (QED) is 0.630. The van der Waals surface area contributed by atoms with Crippen LogP contribution in [0.2, 0.25) is 5.02 Å². The van der Waals surface area contributed by atoms with Crippen molar-refractivity contribution in [3.8, 4) is 17.1 Å². The topological polar surface area (TPSA) is 64.7 Å². The van der Waals surface area contributed by atoms with Gasteiger partial charge in [0.15, 0.2) is 0 Å². The SMILES string of the molecule is COc1ccc2nc(-c3cc(N4CCC(C(=O)N5CCN(C)CC5)CC4)ccc3Cl)[nH]c2c1. The van der Waals surface area contributed by atoms with Gasteiger partial charge >= 0.3 is 0 Å². The molecule has 2 saturated heterocycles. The van der Waals surface area contributed by atoms with Crippen molar-refractivity contribution in [2.45, 2.75) is 12.8 Å². The first-order valence-corrected chi connectivity index (χ1v) is 12.0. The average Bonchev–Trinajstić information content (AvgIpc) is 3.27. The maximum Gasteiger partial charge on any atom is 0.225 e. The first-order valence-electron chi connectivity index (χ1n) is 11.6. The van der Waals surface area contributed by atoms with Crippen LogP contribution in [-0.4, -0.2) is 79.1 Å². The van der Waals surface area contributed by atoms with Crippen LogP contribution in [0.15, 0.2) is 36.4 Å². The second-order valence-electron chi connectivity index (χ2n) is 9.02. The number of ether oxygens (including phenoxy) is 1. The largest absolute Gasteiger partial charge is 0.497 e. The second kappa shape index (κ2) is 9.23. The number of aromatic amines is 1. The normalized spacial score (nSPS) is 18.2. The molecule has 3 heterocycles. The molecule has 0 atom stereocenters. The van der Waals surface area contributed by atoms with E-state index in [0.717, 1.165) is 86.0 Å². The van der Waals surface area contributed by atoms with Crippen LogP contribution in [0.4, 0.5) is 5.69 Å². The Bertz CT molecular complexity index is 1150. The maximum atomic E-state index is 13.0. The molecule has 2 fully saturated rings. The molecule has 0 radical (unpaired) electrons. The lowest BCUT2D eigenvalue weighted by Crippen LogP contribution is -2.50. The predicted molar refractivity (Wildman–Crippen MR) is 132 cm³/mol. The highest BCUT2D eigenvalue weighted by Crippen LogP contribution is 2.34. The van der Waals surface area contributed by atoms with E-state index in [4.69, 9.17) is 21.3 Å². The lowest BCUT2D eigenvalue weighted by molar-refractivity contribution is -0.137. The zero-order valence-electron chi connectivity index (χ0n) is 19.2. The highest BCUT2D eigenvalue weighted by Gasteiger charge is 2.30. The summed E-state index contributed by atoms with van der Waals surface area (Å²) in [6, 6.07) is 11.9. The Labute approximate surface area is 199 Å². The third kappa shape index (κ3) is 4.52. The molecule has 0 spiro atoms. The zero-order chi connectivity index (χ0) is 22.9. The van der Waals surface area contributed by atoms with E-state index >= 15 is 0 Å². The van der Waals surface area contributed by atoms with Crippen LogP contribution >= 0.6 is 11.6 Å². The van der Waals surface area contributed by atoms with Gasteiger partial charge in [-0.1, -0.05) is 11.6 Å². The summed E-state index contributed by atoms with van der Waals surface area (Å²) in [6.07, 6.45) is 1.77. The van der Waals surface area contributed by atoms with Gasteiger partial charge in [-0.05, 0) is 50.2 Å². The van der Waals surface area contributed by atoms with Crippen molar-refractivity contribution in [2.24, 2.45) is 5.92 Å². The molecule has 0 aliphatic carbocycles. The maximum absolute atomic E-state index is 13.0. The zero-order valence-corrected chi connectivity index (χ0v) is 19.9. The molecule has 8 heteroatoms. The number of piperidine rings is 1. The Morgan fingerprint density at radius 2 is 1.82 bits per heavy atom. The molecule has 0 bridgehead atoms. The lowest BCUT2D eigenvalue weighted by atomic mass is 9.94. The first kappa shape index (κ1) is 22.0. The van der Waals surface area contributed by atoms with E-state index in [1.807, 2.05) is 24.3 Å². The minimum absolute atomic E-state index is 0.127. The van der Waals surface area contributed by atoms with Crippen LogP contribution in [0.3, 0.4) is 0 Å². The van der Waals surface area contributed by atoms with Crippen molar-refractivity contribution in [2.75, 3.05) is 58.3 Å². The van der Waals surface area contributed by atoms with Crippen molar-refractivity contribution in [1.29, 1.82) is 0 Å². The van der Waals surface area contributed by atoms with Gasteiger partial charge in [0.2, 0.25) is 5.91 Å². The number of carbonyl (C=O) groups is 1. The Hall–Kier alpha value is -2.77. The number of fused-ring (bicyclic) bond motifs is 1. The van der Waals surface area contributed by atoms with Crippen LogP contribution in [0.1, 0.15) is 12.8 Å². The van der Waals surface area contributed by atoms with Gasteiger partial charge in [0.25, 0.3) is 0 Å². The monoisotopic (exact) mass is 467 g/mol. The molecule has 0 unspecified atom stereocenters. The first-order chi connectivity index (χ1) is 16.0. The number of methoxy groups -OCH3 is 1. The molecule has 3 aromatic rings. The van der Waals surface area contributed by atoms with Gasteiger partial charge in [-0.25, -0.2) is 4.98 Å². The Kier molecular flexibility index (Phi) is 6.17. The highest BCUT2D eigenvalue weighted by molar-refractivity contribution is 6.33. The van der Waals surface area contributed by atoms with Crippen LogP contribution in [-0.2, 0) is 4.79 Å². The molecule has 2 aromatic carbocycles. The fourth-order valence-electron chi connectivity index (χ4n) is 4.80. The highest BCUT2D eigenvalue weighted by atomic mass is 35.5. The van der Waals surface area contributed by atoms with E-state index in [1.54, 1.807) is 7.11 Å². The van der Waals surface area contributed by atoms with Gasteiger partial charge < -0.3 is 24.4 Å². The van der Waals surface area contributed by atoms with E-state index in [0.29, 0.717) is 10.9 Å². The Balaban J connectivity index is 1.29. The Morgan fingerprint density at radius 1 is 1.06 bits per heavy atom. The van der Waals surface area contributed by atoms with Gasteiger partial charge in [0.1, 0.15) is 11.6 Å². The van der Waals surface area contributed by atoms with Gasteiger partial charge in [-0.15, -0.1) is 0 Å². The third-order valence-corrected chi connectivity index (χ3v) is 7.25. The number of aromatic nitrogens is 2. The molecule has 1 amide bonds. The number of benzene rings is 2. The van der Waals surface area contributed by atoms with E-state index in [9.17, 15) is 4.79 Å². The number of halogens is 1. The summed E-state index contributed by atoms with van der Waals surface area (Å²) >= 11 is 6.56. The second-order valence-corrected chi connectivity index (χ2v) is 9.43. The van der Waals surface area contributed by atoms with Crippen LogP contribution < -0.4 is 9.64 Å². The number of hydrogen-bond donors (Lipinski definition) is 1. The number of carbonyl (C=O) groups excluding carboxylic acids is 1. The number of imidazole rings is 1. The molecular formula is C25H30ClN5O2. The number of H-pyrrole nitrogens is 1. The smallest absolute Gasteiger partial charge is 0.225 e. The number of rotatable bonds is 4. The molecule has 2 aliphatic rings. The number of nitrogens with zero attached hydrogens (tertiary/aromatic N) is 4. The number of nitrogens with one attached hydrogen (secondary N) is 1. The molecule has 2 aliphatic heterocycles. The minimum Gasteiger partial charge on any atom is -0.497 e. The van der Waals surface area contributed by atoms with Gasteiger partial charge in [-0.2, -0.15) is 0 Å². The minimum atomic E-state index is 0.127. The molecule has 1 aromatic heterocycles. The summed E-state index contributed by atoms with van der Waals surface area (Å²) in [5, 5.41) is 0.657. The fraction of sp³-hybridized carbons (Fsp3) is 0.440. The van der Waals surface area contributed by atoms with Crippen LogP contribution in [0.25, 0.3) is 22.4 Å². The molecular weight excluding hydrogens is 438 g/mol. The standard InChI is InChI=1S/C25H30ClN5O2/c1-29-11-13-31(14-12-29)25(32)17-7-9-30(10-8-17)18-3-5-21(26)20(15-18)24-27-22-6-4-19(33-2)16-23(22)28-24/h3-6,15-17H,7-14H2,1-2H3,(H,27,28).